The highest BCUT2D eigenvalue weighted by molar-refractivity contribution is 6.30. The molecule has 0 bridgehead atoms. The number of hydrogen-bond acceptors (Lipinski definition) is 2. The molecular weight excluding hydrogens is 209 g/mol. The summed E-state index contributed by atoms with van der Waals surface area (Å²) in [6.07, 6.45) is 0.884. The van der Waals surface area contributed by atoms with Gasteiger partial charge in [0.15, 0.2) is 0 Å². The van der Waals surface area contributed by atoms with Crippen LogP contribution in [0, 0.1) is 0 Å². The van der Waals surface area contributed by atoms with E-state index in [0.29, 0.717) is 11.6 Å². The SMILES string of the molecule is Cl.N[C@@H]1CCOc2cc(Cl)ccc21. The fourth-order valence-corrected chi connectivity index (χ4v) is 1.55. The quantitative estimate of drug-likeness (QED) is 0.729. The highest BCUT2D eigenvalue weighted by Crippen LogP contribution is 2.32. The molecule has 1 atom stereocenters. The average molecular weight is 220 g/mol. The summed E-state index contributed by atoms with van der Waals surface area (Å²) < 4.78 is 5.41. The van der Waals surface area contributed by atoms with E-state index in [-0.39, 0.29) is 18.4 Å². The molecule has 13 heavy (non-hydrogen) atoms. The van der Waals surface area contributed by atoms with Crippen LogP contribution < -0.4 is 10.5 Å². The topological polar surface area (TPSA) is 35.2 Å². The number of rotatable bonds is 0. The van der Waals surface area contributed by atoms with Crippen LogP contribution in [0.15, 0.2) is 18.2 Å². The van der Waals surface area contributed by atoms with Crippen molar-refractivity contribution in [2.45, 2.75) is 12.5 Å². The van der Waals surface area contributed by atoms with Gasteiger partial charge in [-0.25, -0.2) is 0 Å². The van der Waals surface area contributed by atoms with Gasteiger partial charge in [-0.1, -0.05) is 17.7 Å². The zero-order chi connectivity index (χ0) is 8.55. The van der Waals surface area contributed by atoms with Gasteiger partial charge >= 0.3 is 0 Å². The molecule has 0 aliphatic carbocycles. The predicted octanol–water partition coefficient (Wildman–Crippen LogP) is 2.54. The maximum absolute atomic E-state index is 5.87. The second kappa shape index (κ2) is 4.18. The molecule has 1 heterocycles. The molecule has 0 saturated heterocycles. The monoisotopic (exact) mass is 219 g/mol. The smallest absolute Gasteiger partial charge is 0.125 e. The first-order valence-electron chi connectivity index (χ1n) is 3.95. The minimum absolute atomic E-state index is 0. The molecule has 1 aromatic rings. The van der Waals surface area contributed by atoms with Crippen molar-refractivity contribution in [1.82, 2.24) is 0 Å². The Morgan fingerprint density at radius 3 is 3.00 bits per heavy atom. The molecule has 0 unspecified atom stereocenters. The van der Waals surface area contributed by atoms with E-state index in [1.54, 1.807) is 0 Å². The molecular formula is C9H11Cl2NO. The van der Waals surface area contributed by atoms with Crippen molar-refractivity contribution >= 4 is 24.0 Å². The van der Waals surface area contributed by atoms with E-state index in [2.05, 4.69) is 0 Å². The van der Waals surface area contributed by atoms with Gasteiger partial charge in [0.25, 0.3) is 0 Å². The van der Waals surface area contributed by atoms with Crippen LogP contribution in [0.4, 0.5) is 0 Å². The fraction of sp³-hybridized carbons (Fsp3) is 0.333. The lowest BCUT2D eigenvalue weighted by Crippen LogP contribution is -2.20. The standard InChI is InChI=1S/C9H10ClNO.ClH/c10-6-1-2-7-8(11)3-4-12-9(7)5-6;/h1-2,5,8H,3-4,11H2;1H/t8-;/m1./s1. The number of ether oxygens (including phenoxy) is 1. The van der Waals surface area contributed by atoms with Crippen molar-refractivity contribution in [3.8, 4) is 5.75 Å². The third-order valence-electron chi connectivity index (χ3n) is 2.06. The third kappa shape index (κ3) is 2.08. The van der Waals surface area contributed by atoms with Crippen molar-refractivity contribution in [2.24, 2.45) is 5.73 Å². The maximum Gasteiger partial charge on any atom is 0.125 e. The predicted molar refractivity (Wildman–Crippen MR) is 55.7 cm³/mol. The number of hydrogen-bond donors (Lipinski definition) is 1. The summed E-state index contributed by atoms with van der Waals surface area (Å²) in [5.41, 5.74) is 6.93. The van der Waals surface area contributed by atoms with E-state index in [0.717, 1.165) is 17.7 Å². The minimum Gasteiger partial charge on any atom is -0.493 e. The summed E-state index contributed by atoms with van der Waals surface area (Å²) >= 11 is 5.80. The van der Waals surface area contributed by atoms with Gasteiger partial charge in [0.2, 0.25) is 0 Å². The average Bonchev–Trinajstić information content (AvgIpc) is 2.04. The zero-order valence-electron chi connectivity index (χ0n) is 7.00. The van der Waals surface area contributed by atoms with Crippen LogP contribution in [-0.2, 0) is 0 Å². The van der Waals surface area contributed by atoms with Crippen molar-refractivity contribution < 1.29 is 4.74 Å². The molecule has 2 rings (SSSR count). The van der Waals surface area contributed by atoms with E-state index in [1.165, 1.54) is 0 Å². The van der Waals surface area contributed by atoms with Crippen LogP contribution in [0.3, 0.4) is 0 Å². The summed E-state index contributed by atoms with van der Waals surface area (Å²) in [4.78, 5) is 0. The van der Waals surface area contributed by atoms with Gasteiger partial charge in [0.05, 0.1) is 6.61 Å². The van der Waals surface area contributed by atoms with E-state index < -0.39 is 0 Å². The summed E-state index contributed by atoms with van der Waals surface area (Å²) in [5, 5.41) is 0.697. The Morgan fingerprint density at radius 2 is 2.23 bits per heavy atom. The molecule has 0 aromatic heterocycles. The van der Waals surface area contributed by atoms with Crippen LogP contribution in [0.1, 0.15) is 18.0 Å². The van der Waals surface area contributed by atoms with E-state index in [4.69, 9.17) is 22.1 Å². The Bertz CT molecular complexity index is 304. The molecule has 2 nitrogen and oxygen atoms in total. The first kappa shape index (κ1) is 10.6. The lowest BCUT2D eigenvalue weighted by molar-refractivity contribution is 0.269. The number of benzene rings is 1. The Balaban J connectivity index is 0.000000845. The molecule has 0 amide bonds. The van der Waals surface area contributed by atoms with Gasteiger partial charge in [-0.3, -0.25) is 0 Å². The molecule has 4 heteroatoms. The summed E-state index contributed by atoms with van der Waals surface area (Å²) in [7, 11) is 0. The van der Waals surface area contributed by atoms with Gasteiger partial charge < -0.3 is 10.5 Å². The summed E-state index contributed by atoms with van der Waals surface area (Å²) in [5.74, 6) is 0.834. The highest BCUT2D eigenvalue weighted by Gasteiger charge is 2.17. The van der Waals surface area contributed by atoms with Crippen LogP contribution >= 0.6 is 24.0 Å². The molecule has 0 saturated carbocycles. The minimum atomic E-state index is 0. The van der Waals surface area contributed by atoms with Crippen molar-refractivity contribution in [3.63, 3.8) is 0 Å². The lowest BCUT2D eigenvalue weighted by atomic mass is 10.0. The van der Waals surface area contributed by atoms with Gasteiger partial charge in [-0.05, 0) is 12.1 Å². The van der Waals surface area contributed by atoms with Crippen LogP contribution in [0.25, 0.3) is 0 Å². The molecule has 0 radical (unpaired) electrons. The molecule has 1 aliphatic heterocycles. The van der Waals surface area contributed by atoms with E-state index >= 15 is 0 Å². The first-order chi connectivity index (χ1) is 5.77. The lowest BCUT2D eigenvalue weighted by Gasteiger charge is -2.22. The highest BCUT2D eigenvalue weighted by atomic mass is 35.5. The number of fused-ring (bicyclic) bond motifs is 1. The van der Waals surface area contributed by atoms with Gasteiger partial charge in [0.1, 0.15) is 5.75 Å². The molecule has 2 N–H and O–H groups in total. The molecule has 0 fully saturated rings. The largest absolute Gasteiger partial charge is 0.493 e. The molecule has 1 aromatic carbocycles. The van der Waals surface area contributed by atoms with Gasteiger partial charge in [-0.15, -0.1) is 12.4 Å². The first-order valence-corrected chi connectivity index (χ1v) is 4.33. The van der Waals surface area contributed by atoms with Crippen molar-refractivity contribution in [2.75, 3.05) is 6.61 Å². The van der Waals surface area contributed by atoms with Gasteiger partial charge in [-0.2, -0.15) is 0 Å². The number of nitrogens with two attached hydrogens (primary N) is 1. The number of halogens is 2. The Labute approximate surface area is 88.4 Å². The van der Waals surface area contributed by atoms with Crippen molar-refractivity contribution in [1.29, 1.82) is 0 Å². The Hall–Kier alpha value is -0.440. The Morgan fingerprint density at radius 1 is 1.46 bits per heavy atom. The molecule has 72 valence electrons. The van der Waals surface area contributed by atoms with E-state index in [1.807, 2.05) is 18.2 Å². The summed E-state index contributed by atoms with van der Waals surface area (Å²) in [6.45, 7) is 0.689. The van der Waals surface area contributed by atoms with Crippen LogP contribution in [0.5, 0.6) is 5.75 Å². The third-order valence-corrected chi connectivity index (χ3v) is 2.30. The summed E-state index contributed by atoms with van der Waals surface area (Å²) in [6, 6.07) is 5.69. The van der Waals surface area contributed by atoms with Crippen LogP contribution in [-0.4, -0.2) is 6.61 Å². The fourth-order valence-electron chi connectivity index (χ4n) is 1.39. The second-order valence-electron chi connectivity index (χ2n) is 2.93. The van der Waals surface area contributed by atoms with Gasteiger partial charge in [0, 0.05) is 23.0 Å². The zero-order valence-corrected chi connectivity index (χ0v) is 8.57. The molecule has 0 spiro atoms. The maximum atomic E-state index is 5.87. The van der Waals surface area contributed by atoms with E-state index in [9.17, 15) is 0 Å². The normalized spacial score (nSPS) is 19.7. The Kier molecular flexibility index (Phi) is 3.42. The van der Waals surface area contributed by atoms with Crippen LogP contribution in [0.2, 0.25) is 5.02 Å². The molecule has 1 aliphatic rings. The van der Waals surface area contributed by atoms with Crippen molar-refractivity contribution in [3.05, 3.63) is 28.8 Å². The second-order valence-corrected chi connectivity index (χ2v) is 3.36.